The van der Waals surface area contributed by atoms with E-state index in [4.69, 9.17) is 10.6 Å². The van der Waals surface area contributed by atoms with Crippen LogP contribution in [0.15, 0.2) is 18.2 Å². The summed E-state index contributed by atoms with van der Waals surface area (Å²) in [5.41, 5.74) is 6.93. The number of ether oxygens (including phenoxy) is 1. The van der Waals surface area contributed by atoms with Crippen molar-refractivity contribution >= 4 is 5.82 Å². The Kier molecular flexibility index (Phi) is 3.51. The lowest BCUT2D eigenvalue weighted by atomic mass is 10.0. The highest BCUT2D eigenvalue weighted by Gasteiger charge is 2.17. The molecule has 0 amide bonds. The lowest BCUT2D eigenvalue weighted by molar-refractivity contribution is 0.357. The van der Waals surface area contributed by atoms with E-state index >= 15 is 0 Å². The lowest BCUT2D eigenvalue weighted by Gasteiger charge is -2.15. The zero-order valence-electron chi connectivity index (χ0n) is 12.6. The van der Waals surface area contributed by atoms with Gasteiger partial charge in [0, 0.05) is 23.2 Å². The number of nitrogen functional groups attached to an aromatic ring is 1. The SMILES string of the molecule is Cc1nc(-c2ccc3c(c2)CCO3)nc(NN)c1C(C)C. The molecule has 2 aromatic rings. The summed E-state index contributed by atoms with van der Waals surface area (Å²) in [5.74, 6) is 8.31. The van der Waals surface area contributed by atoms with Crippen molar-refractivity contribution in [1.82, 2.24) is 9.97 Å². The van der Waals surface area contributed by atoms with Crippen LogP contribution in [0.5, 0.6) is 5.75 Å². The fourth-order valence-electron chi connectivity index (χ4n) is 2.84. The van der Waals surface area contributed by atoms with Crippen LogP contribution in [0, 0.1) is 6.92 Å². The normalized spacial score (nSPS) is 13.2. The van der Waals surface area contributed by atoms with Gasteiger partial charge in [-0.05, 0) is 36.6 Å². The van der Waals surface area contributed by atoms with Crippen LogP contribution in [0.4, 0.5) is 5.82 Å². The van der Waals surface area contributed by atoms with Gasteiger partial charge in [0.1, 0.15) is 11.6 Å². The van der Waals surface area contributed by atoms with Crippen LogP contribution < -0.4 is 16.0 Å². The molecule has 0 saturated carbocycles. The number of nitrogens with two attached hydrogens (primary N) is 1. The molecule has 3 rings (SSSR count). The number of rotatable bonds is 3. The second-order valence-corrected chi connectivity index (χ2v) is 5.61. The monoisotopic (exact) mass is 284 g/mol. The van der Waals surface area contributed by atoms with Gasteiger partial charge in [-0.2, -0.15) is 0 Å². The Morgan fingerprint density at radius 3 is 2.81 bits per heavy atom. The largest absolute Gasteiger partial charge is 0.493 e. The smallest absolute Gasteiger partial charge is 0.161 e. The van der Waals surface area contributed by atoms with Gasteiger partial charge < -0.3 is 10.2 Å². The van der Waals surface area contributed by atoms with E-state index in [0.29, 0.717) is 17.6 Å². The average molecular weight is 284 g/mol. The van der Waals surface area contributed by atoms with Gasteiger partial charge in [0.2, 0.25) is 0 Å². The second kappa shape index (κ2) is 5.33. The van der Waals surface area contributed by atoms with Gasteiger partial charge in [0.05, 0.1) is 6.61 Å². The Morgan fingerprint density at radius 1 is 1.29 bits per heavy atom. The third-order valence-electron chi connectivity index (χ3n) is 3.80. The molecule has 0 atom stereocenters. The third kappa shape index (κ3) is 2.45. The molecule has 21 heavy (non-hydrogen) atoms. The first-order chi connectivity index (χ1) is 10.1. The highest BCUT2D eigenvalue weighted by Crippen LogP contribution is 2.31. The number of hydrazine groups is 1. The maximum Gasteiger partial charge on any atom is 0.161 e. The number of benzene rings is 1. The van der Waals surface area contributed by atoms with E-state index in [2.05, 4.69) is 35.3 Å². The van der Waals surface area contributed by atoms with Gasteiger partial charge >= 0.3 is 0 Å². The number of nitrogens with zero attached hydrogens (tertiary/aromatic N) is 2. The van der Waals surface area contributed by atoms with E-state index in [1.807, 2.05) is 19.1 Å². The third-order valence-corrected chi connectivity index (χ3v) is 3.80. The molecular weight excluding hydrogens is 264 g/mol. The van der Waals surface area contributed by atoms with Crippen LogP contribution in [0.25, 0.3) is 11.4 Å². The molecule has 0 spiro atoms. The molecule has 0 fully saturated rings. The van der Waals surface area contributed by atoms with Gasteiger partial charge in [-0.3, -0.25) is 0 Å². The number of aryl methyl sites for hydroxylation is 1. The minimum Gasteiger partial charge on any atom is -0.493 e. The van der Waals surface area contributed by atoms with E-state index in [1.165, 1.54) is 5.56 Å². The predicted octanol–water partition coefficient (Wildman–Crippen LogP) is 2.80. The molecule has 1 aromatic heterocycles. The van der Waals surface area contributed by atoms with Crippen molar-refractivity contribution in [3.8, 4) is 17.1 Å². The molecule has 1 aliphatic heterocycles. The summed E-state index contributed by atoms with van der Waals surface area (Å²) in [7, 11) is 0. The van der Waals surface area contributed by atoms with Crippen molar-refractivity contribution in [1.29, 1.82) is 0 Å². The second-order valence-electron chi connectivity index (χ2n) is 5.61. The zero-order chi connectivity index (χ0) is 15.0. The molecule has 3 N–H and O–H groups in total. The Bertz CT molecular complexity index is 682. The zero-order valence-corrected chi connectivity index (χ0v) is 12.6. The van der Waals surface area contributed by atoms with Gasteiger partial charge in [-0.25, -0.2) is 15.8 Å². The first-order valence-electron chi connectivity index (χ1n) is 7.21. The molecule has 1 aliphatic rings. The summed E-state index contributed by atoms with van der Waals surface area (Å²) in [4.78, 5) is 9.23. The minimum absolute atomic E-state index is 0.318. The van der Waals surface area contributed by atoms with Crippen LogP contribution in [0.3, 0.4) is 0 Å². The van der Waals surface area contributed by atoms with Crippen molar-refractivity contribution in [3.63, 3.8) is 0 Å². The van der Waals surface area contributed by atoms with Crippen molar-refractivity contribution in [2.75, 3.05) is 12.0 Å². The molecule has 1 aromatic carbocycles. The Labute approximate surface area is 124 Å². The molecule has 5 nitrogen and oxygen atoms in total. The maximum atomic E-state index is 5.63. The van der Waals surface area contributed by atoms with Gasteiger partial charge in [-0.1, -0.05) is 13.8 Å². The molecule has 110 valence electrons. The van der Waals surface area contributed by atoms with Crippen LogP contribution >= 0.6 is 0 Å². The van der Waals surface area contributed by atoms with E-state index in [9.17, 15) is 0 Å². The van der Waals surface area contributed by atoms with Gasteiger partial charge in [0.15, 0.2) is 5.82 Å². The van der Waals surface area contributed by atoms with Gasteiger partial charge in [0.25, 0.3) is 0 Å². The summed E-state index contributed by atoms with van der Waals surface area (Å²) in [6, 6.07) is 6.09. The van der Waals surface area contributed by atoms with Crippen molar-refractivity contribution in [3.05, 3.63) is 35.0 Å². The molecular formula is C16H20N4O. The van der Waals surface area contributed by atoms with Crippen LogP contribution in [-0.2, 0) is 6.42 Å². The molecule has 0 saturated heterocycles. The average Bonchev–Trinajstić information content (AvgIpc) is 2.93. The van der Waals surface area contributed by atoms with E-state index in [1.54, 1.807) is 0 Å². The first kappa shape index (κ1) is 13.8. The highest BCUT2D eigenvalue weighted by molar-refractivity contribution is 5.63. The summed E-state index contributed by atoms with van der Waals surface area (Å²) >= 11 is 0. The van der Waals surface area contributed by atoms with E-state index < -0.39 is 0 Å². The van der Waals surface area contributed by atoms with Gasteiger partial charge in [-0.15, -0.1) is 0 Å². The maximum absolute atomic E-state index is 5.63. The summed E-state index contributed by atoms with van der Waals surface area (Å²) in [5, 5.41) is 0. The summed E-state index contributed by atoms with van der Waals surface area (Å²) in [6.45, 7) is 6.97. The van der Waals surface area contributed by atoms with Crippen LogP contribution in [0.1, 0.15) is 36.6 Å². The first-order valence-corrected chi connectivity index (χ1v) is 7.21. The number of anilines is 1. The number of hydrogen-bond donors (Lipinski definition) is 2. The van der Waals surface area contributed by atoms with Crippen molar-refractivity contribution in [2.45, 2.75) is 33.1 Å². The Balaban J connectivity index is 2.09. The number of nitrogens with one attached hydrogen (secondary N) is 1. The summed E-state index contributed by atoms with van der Waals surface area (Å²) < 4.78 is 5.54. The molecule has 2 heterocycles. The number of fused-ring (bicyclic) bond motifs is 1. The molecule has 5 heteroatoms. The fraction of sp³-hybridized carbons (Fsp3) is 0.375. The molecule has 0 unspecified atom stereocenters. The Hall–Kier alpha value is -2.14. The van der Waals surface area contributed by atoms with Crippen molar-refractivity contribution in [2.24, 2.45) is 5.84 Å². The molecule has 0 aliphatic carbocycles. The molecule has 0 radical (unpaired) electrons. The minimum atomic E-state index is 0.318. The fourth-order valence-corrected chi connectivity index (χ4v) is 2.84. The predicted molar refractivity (Wildman–Crippen MR) is 83.3 cm³/mol. The number of aromatic nitrogens is 2. The topological polar surface area (TPSA) is 73.1 Å². The lowest BCUT2D eigenvalue weighted by Crippen LogP contribution is -2.14. The molecule has 0 bridgehead atoms. The van der Waals surface area contributed by atoms with E-state index in [-0.39, 0.29) is 0 Å². The van der Waals surface area contributed by atoms with Crippen LogP contribution in [-0.4, -0.2) is 16.6 Å². The van der Waals surface area contributed by atoms with Crippen LogP contribution in [0.2, 0.25) is 0 Å². The van der Waals surface area contributed by atoms with Crippen molar-refractivity contribution < 1.29 is 4.74 Å². The number of hydrogen-bond acceptors (Lipinski definition) is 5. The standard InChI is InChI=1S/C16H20N4O/c1-9(2)14-10(3)18-15(19-16(14)20-17)12-4-5-13-11(8-12)6-7-21-13/h4-5,8-9H,6-7,17H2,1-3H3,(H,18,19,20). The Morgan fingerprint density at radius 2 is 2.10 bits per heavy atom. The summed E-state index contributed by atoms with van der Waals surface area (Å²) in [6.07, 6.45) is 0.939. The highest BCUT2D eigenvalue weighted by atomic mass is 16.5. The quantitative estimate of drug-likeness (QED) is 0.669. The van der Waals surface area contributed by atoms with E-state index in [0.717, 1.165) is 35.6 Å².